The van der Waals surface area contributed by atoms with Crippen LogP contribution in [-0.2, 0) is 28.9 Å². The first-order chi connectivity index (χ1) is 19.8. The largest absolute Gasteiger partial charge is 0.416 e. The Morgan fingerprint density at radius 1 is 1.07 bits per heavy atom. The maximum absolute atomic E-state index is 13.9. The van der Waals surface area contributed by atoms with E-state index in [4.69, 9.17) is 0 Å². The van der Waals surface area contributed by atoms with E-state index in [1.165, 1.54) is 21.9 Å². The maximum atomic E-state index is 13.9. The van der Waals surface area contributed by atoms with E-state index in [1.807, 2.05) is 19.0 Å². The molecular weight excluding hydrogens is 554 g/mol. The van der Waals surface area contributed by atoms with Crippen molar-refractivity contribution in [3.05, 3.63) is 70.5 Å². The molecule has 0 bridgehead atoms. The fraction of sp³-hybridized carbons (Fsp3) is 0.500. The molecule has 0 radical (unpaired) electrons. The minimum Gasteiger partial charge on any atom is -0.334 e. The summed E-state index contributed by atoms with van der Waals surface area (Å²) < 4.78 is 53.8. The van der Waals surface area contributed by atoms with Crippen LogP contribution in [0.25, 0.3) is 0 Å². The van der Waals surface area contributed by atoms with Crippen molar-refractivity contribution in [3.8, 4) is 0 Å². The van der Waals surface area contributed by atoms with Gasteiger partial charge >= 0.3 is 12.2 Å². The first-order valence-corrected chi connectivity index (χ1v) is 14.0. The van der Waals surface area contributed by atoms with Gasteiger partial charge in [-0.15, -0.1) is 0 Å². The monoisotopic (exact) mass is 591 g/mol. The number of nitrogens with one attached hydrogen (secondary N) is 1. The number of hydrogen-bond acceptors (Lipinski definition) is 4. The molecule has 2 aromatic rings. The minimum atomic E-state index is -4.51. The highest BCUT2D eigenvalue weighted by atomic mass is 19.4. The fourth-order valence-corrected chi connectivity index (χ4v) is 5.67. The van der Waals surface area contributed by atoms with Gasteiger partial charge in [0.05, 0.1) is 12.1 Å². The van der Waals surface area contributed by atoms with Crippen LogP contribution in [0.1, 0.15) is 47.9 Å². The summed E-state index contributed by atoms with van der Waals surface area (Å²) >= 11 is 0. The molecule has 4 amide bonds. The zero-order chi connectivity index (χ0) is 30.6. The molecule has 0 aromatic heterocycles. The van der Waals surface area contributed by atoms with Crippen LogP contribution in [0.15, 0.2) is 42.5 Å². The second kappa shape index (κ2) is 13.1. The van der Waals surface area contributed by atoms with Crippen molar-refractivity contribution in [2.75, 3.05) is 33.7 Å². The highest BCUT2D eigenvalue weighted by Crippen LogP contribution is 2.31. The van der Waals surface area contributed by atoms with E-state index in [0.717, 1.165) is 25.1 Å². The average Bonchev–Trinajstić information content (AvgIpc) is 2.90. The molecule has 2 heterocycles. The number of benzene rings is 2. The van der Waals surface area contributed by atoms with E-state index in [0.29, 0.717) is 29.5 Å². The molecule has 2 fully saturated rings. The number of nitrogens with zero attached hydrogens (tertiary/aromatic N) is 4. The first kappa shape index (κ1) is 31.3. The molecular formula is C30H37F4N5O3. The van der Waals surface area contributed by atoms with E-state index >= 15 is 0 Å². The molecule has 0 saturated carbocycles. The van der Waals surface area contributed by atoms with E-state index in [1.54, 1.807) is 30.0 Å². The Morgan fingerprint density at radius 2 is 1.83 bits per heavy atom. The Balaban J connectivity index is 1.55. The highest BCUT2D eigenvalue weighted by molar-refractivity contribution is 5.91. The molecule has 2 aliphatic heterocycles. The molecule has 8 nitrogen and oxygen atoms in total. The molecule has 0 aliphatic carbocycles. The van der Waals surface area contributed by atoms with Crippen molar-refractivity contribution in [2.24, 2.45) is 0 Å². The van der Waals surface area contributed by atoms with Gasteiger partial charge < -0.3 is 24.9 Å². The van der Waals surface area contributed by atoms with E-state index in [-0.39, 0.29) is 44.4 Å². The average molecular weight is 592 g/mol. The number of halogens is 4. The van der Waals surface area contributed by atoms with E-state index in [2.05, 4.69) is 5.32 Å². The predicted molar refractivity (Wildman–Crippen MR) is 148 cm³/mol. The number of hydrogen-bond donors (Lipinski definition) is 1. The van der Waals surface area contributed by atoms with Gasteiger partial charge in [-0.05, 0) is 82.2 Å². The second-order valence-corrected chi connectivity index (χ2v) is 11.3. The molecule has 2 atom stereocenters. The van der Waals surface area contributed by atoms with Gasteiger partial charge in [-0.3, -0.25) is 9.59 Å². The lowest BCUT2D eigenvalue weighted by atomic mass is 9.98. The van der Waals surface area contributed by atoms with Crippen LogP contribution in [0.3, 0.4) is 0 Å². The van der Waals surface area contributed by atoms with Gasteiger partial charge in [-0.25, -0.2) is 9.18 Å². The van der Waals surface area contributed by atoms with Gasteiger partial charge in [0.2, 0.25) is 11.8 Å². The molecule has 1 N–H and O–H groups in total. The summed E-state index contributed by atoms with van der Waals surface area (Å²) in [6, 6.07) is 8.23. The molecule has 0 spiro atoms. The third-order valence-electron chi connectivity index (χ3n) is 7.62. The Kier molecular flexibility index (Phi) is 9.75. The molecule has 4 rings (SSSR count). The SMILES string of the molecule is Cc1cc(CNC(=O)N2CCC(=O)N3[C@@H]2CN(Cc2cccc(F)c2)C(=O)[C@@H]3CCCCN(C)C)cc(C(F)(F)F)c1. The fourth-order valence-electron chi connectivity index (χ4n) is 5.67. The van der Waals surface area contributed by atoms with Crippen LogP contribution in [0, 0.1) is 12.7 Å². The number of fused-ring (bicyclic) bond motifs is 1. The molecule has 12 heteroatoms. The number of amides is 4. The van der Waals surface area contributed by atoms with Crippen LogP contribution in [0.4, 0.5) is 22.4 Å². The first-order valence-electron chi connectivity index (χ1n) is 14.0. The van der Waals surface area contributed by atoms with Crippen molar-refractivity contribution >= 4 is 17.8 Å². The van der Waals surface area contributed by atoms with Crippen LogP contribution >= 0.6 is 0 Å². The smallest absolute Gasteiger partial charge is 0.334 e. The minimum absolute atomic E-state index is 0.0258. The quantitative estimate of drug-likeness (QED) is 0.347. The van der Waals surface area contributed by atoms with Crippen molar-refractivity contribution in [1.82, 2.24) is 24.9 Å². The van der Waals surface area contributed by atoms with E-state index < -0.39 is 35.8 Å². The van der Waals surface area contributed by atoms with Gasteiger partial charge in [0, 0.05) is 26.1 Å². The van der Waals surface area contributed by atoms with Crippen molar-refractivity contribution in [3.63, 3.8) is 0 Å². The van der Waals surface area contributed by atoms with Gasteiger partial charge in [0.1, 0.15) is 18.0 Å². The molecule has 228 valence electrons. The topological polar surface area (TPSA) is 76.2 Å². The number of carbonyl (C=O) groups is 3. The van der Waals surface area contributed by atoms with Gasteiger partial charge in [0.25, 0.3) is 0 Å². The molecule has 2 saturated heterocycles. The number of alkyl halides is 3. The lowest BCUT2D eigenvalue weighted by Crippen LogP contribution is -2.71. The normalized spacial score (nSPS) is 19.4. The Labute approximate surface area is 243 Å². The van der Waals surface area contributed by atoms with Crippen LogP contribution in [0.2, 0.25) is 0 Å². The molecule has 0 unspecified atom stereocenters. The van der Waals surface area contributed by atoms with Crippen molar-refractivity contribution in [2.45, 2.75) is 64.1 Å². The molecule has 2 aliphatic rings. The Bertz CT molecular complexity index is 1300. The zero-order valence-electron chi connectivity index (χ0n) is 24.1. The third-order valence-corrected chi connectivity index (χ3v) is 7.62. The van der Waals surface area contributed by atoms with Crippen LogP contribution < -0.4 is 5.32 Å². The number of aryl methyl sites for hydroxylation is 1. The number of unbranched alkanes of at least 4 members (excludes halogenated alkanes) is 1. The number of urea groups is 1. The maximum Gasteiger partial charge on any atom is 0.416 e. The molecule has 42 heavy (non-hydrogen) atoms. The van der Waals surface area contributed by atoms with Crippen molar-refractivity contribution < 1.29 is 31.9 Å². The number of rotatable bonds is 9. The van der Waals surface area contributed by atoms with Crippen LogP contribution in [-0.4, -0.2) is 83.4 Å². The van der Waals surface area contributed by atoms with Crippen molar-refractivity contribution in [1.29, 1.82) is 0 Å². The zero-order valence-corrected chi connectivity index (χ0v) is 24.1. The summed E-state index contributed by atoms with van der Waals surface area (Å²) in [5.74, 6) is -0.915. The lowest BCUT2D eigenvalue weighted by molar-refractivity contribution is -0.167. The number of piperazine rings is 1. The standard InChI is InChI=1S/C30H37F4N5O3/c1-20-13-22(15-23(14-20)30(32,33)34)17-35-29(42)38-12-10-27(40)39-25(9-4-5-11-36(2)3)28(41)37(19-26(38)39)18-21-7-6-8-24(31)16-21/h6-8,13-16,25-26H,4-5,9-12,17-19H2,1-3H3,(H,35,42)/t25-,26+/m0/s1. The summed E-state index contributed by atoms with van der Waals surface area (Å²) in [5, 5.41) is 2.71. The Hall–Kier alpha value is -3.67. The summed E-state index contributed by atoms with van der Waals surface area (Å²) in [6.45, 7) is 2.48. The third kappa shape index (κ3) is 7.58. The predicted octanol–water partition coefficient (Wildman–Crippen LogP) is 4.37. The van der Waals surface area contributed by atoms with Gasteiger partial charge in [-0.2, -0.15) is 13.2 Å². The second-order valence-electron chi connectivity index (χ2n) is 11.3. The van der Waals surface area contributed by atoms with Gasteiger partial charge in [0.15, 0.2) is 0 Å². The van der Waals surface area contributed by atoms with Gasteiger partial charge in [-0.1, -0.05) is 23.8 Å². The summed E-state index contributed by atoms with van der Waals surface area (Å²) in [4.78, 5) is 46.9. The van der Waals surface area contributed by atoms with E-state index in [9.17, 15) is 31.9 Å². The lowest BCUT2D eigenvalue weighted by Gasteiger charge is -2.52. The van der Waals surface area contributed by atoms with Crippen LogP contribution in [0.5, 0.6) is 0 Å². The number of carbonyl (C=O) groups excluding carboxylic acids is 3. The molecule has 2 aromatic carbocycles. The Morgan fingerprint density at radius 3 is 2.52 bits per heavy atom. The summed E-state index contributed by atoms with van der Waals surface area (Å²) in [7, 11) is 3.90. The summed E-state index contributed by atoms with van der Waals surface area (Å²) in [6.07, 6.45) is -3.35. The summed E-state index contributed by atoms with van der Waals surface area (Å²) in [5.41, 5.74) is 0.504. The highest BCUT2D eigenvalue weighted by Gasteiger charge is 2.48.